The highest BCUT2D eigenvalue weighted by atomic mass is 16.4. The Kier molecular flexibility index (Phi) is 4.25. The summed E-state index contributed by atoms with van der Waals surface area (Å²) in [6, 6.07) is 2.84. The molecule has 0 aliphatic heterocycles. The molecular weight excluding hydrogens is 236 g/mol. The fourth-order valence-electron chi connectivity index (χ4n) is 1.54. The van der Waals surface area contributed by atoms with Crippen molar-refractivity contribution in [1.29, 1.82) is 0 Å². The molecule has 1 aromatic heterocycles. The number of amides is 1. The van der Waals surface area contributed by atoms with Gasteiger partial charge in [-0.1, -0.05) is 0 Å². The zero-order chi connectivity index (χ0) is 13.9. The number of carbonyl (C=O) groups is 2. The summed E-state index contributed by atoms with van der Waals surface area (Å²) in [4.78, 5) is 35.6. The molecule has 1 amide bonds. The van der Waals surface area contributed by atoms with Gasteiger partial charge in [0.05, 0.1) is 0 Å². The van der Waals surface area contributed by atoms with Crippen LogP contribution in [0, 0.1) is 6.92 Å². The summed E-state index contributed by atoms with van der Waals surface area (Å²) in [5.41, 5.74) is -0.219. The molecule has 0 aliphatic rings. The highest BCUT2D eigenvalue weighted by Crippen LogP contribution is 2.01. The number of aromatic carboxylic acids is 1. The van der Waals surface area contributed by atoms with Crippen LogP contribution in [0.25, 0.3) is 0 Å². The van der Waals surface area contributed by atoms with E-state index in [2.05, 4.69) is 0 Å². The summed E-state index contributed by atoms with van der Waals surface area (Å²) in [6.07, 6.45) is 0.164. The Labute approximate surface area is 104 Å². The van der Waals surface area contributed by atoms with Crippen LogP contribution in [-0.2, 0) is 11.3 Å². The van der Waals surface area contributed by atoms with Gasteiger partial charge in [-0.3, -0.25) is 9.59 Å². The van der Waals surface area contributed by atoms with Crippen molar-refractivity contribution in [2.24, 2.45) is 0 Å². The van der Waals surface area contributed by atoms with Crippen LogP contribution >= 0.6 is 0 Å². The molecule has 0 aliphatic carbocycles. The van der Waals surface area contributed by atoms with Gasteiger partial charge in [0.15, 0.2) is 0 Å². The van der Waals surface area contributed by atoms with Crippen LogP contribution < -0.4 is 5.56 Å². The van der Waals surface area contributed by atoms with Crippen molar-refractivity contribution in [1.82, 2.24) is 9.47 Å². The Morgan fingerprint density at radius 3 is 2.44 bits per heavy atom. The molecule has 0 unspecified atom stereocenters. The number of aryl methyl sites for hydroxylation is 1. The van der Waals surface area contributed by atoms with Gasteiger partial charge in [-0.25, -0.2) is 4.79 Å². The van der Waals surface area contributed by atoms with E-state index in [4.69, 9.17) is 5.11 Å². The molecule has 0 aromatic carbocycles. The predicted molar refractivity (Wildman–Crippen MR) is 65.7 cm³/mol. The van der Waals surface area contributed by atoms with Gasteiger partial charge in [-0.05, 0) is 19.1 Å². The number of aromatic nitrogens is 1. The van der Waals surface area contributed by atoms with Crippen molar-refractivity contribution in [2.45, 2.75) is 19.9 Å². The van der Waals surface area contributed by atoms with E-state index in [-0.39, 0.29) is 24.4 Å². The van der Waals surface area contributed by atoms with E-state index in [1.54, 1.807) is 27.1 Å². The van der Waals surface area contributed by atoms with E-state index < -0.39 is 11.5 Å². The molecule has 0 radical (unpaired) electrons. The third kappa shape index (κ3) is 2.97. The van der Waals surface area contributed by atoms with E-state index in [1.807, 2.05) is 0 Å². The first kappa shape index (κ1) is 14.0. The average Bonchev–Trinajstić information content (AvgIpc) is 2.27. The predicted octanol–water partition coefficient (Wildman–Crippen LogP) is 0.333. The second-order valence-corrected chi connectivity index (χ2v) is 4.19. The number of rotatable bonds is 4. The van der Waals surface area contributed by atoms with Crippen LogP contribution in [0.15, 0.2) is 16.9 Å². The number of nitrogens with zero attached hydrogens (tertiary/aromatic N) is 2. The topological polar surface area (TPSA) is 79.6 Å². The highest BCUT2D eigenvalue weighted by molar-refractivity contribution is 5.87. The maximum absolute atomic E-state index is 11.9. The average molecular weight is 252 g/mol. The van der Waals surface area contributed by atoms with Crippen molar-refractivity contribution >= 4 is 11.9 Å². The van der Waals surface area contributed by atoms with Gasteiger partial charge in [-0.2, -0.15) is 0 Å². The molecule has 6 heteroatoms. The monoisotopic (exact) mass is 252 g/mol. The largest absolute Gasteiger partial charge is 0.477 e. The van der Waals surface area contributed by atoms with Crippen molar-refractivity contribution in [3.63, 3.8) is 0 Å². The van der Waals surface area contributed by atoms with E-state index in [9.17, 15) is 14.4 Å². The SMILES string of the molecule is Cc1ccc(C(=O)O)c(=O)n1CCC(=O)N(C)C. The van der Waals surface area contributed by atoms with E-state index in [1.165, 1.54) is 15.5 Å². The van der Waals surface area contributed by atoms with Crippen LogP contribution in [0.5, 0.6) is 0 Å². The molecule has 6 nitrogen and oxygen atoms in total. The number of hydrogen-bond donors (Lipinski definition) is 1. The van der Waals surface area contributed by atoms with Gasteiger partial charge in [0, 0.05) is 32.8 Å². The van der Waals surface area contributed by atoms with Crippen LogP contribution in [0.3, 0.4) is 0 Å². The van der Waals surface area contributed by atoms with Crippen LogP contribution in [0.2, 0.25) is 0 Å². The third-order valence-electron chi connectivity index (χ3n) is 2.67. The third-order valence-corrected chi connectivity index (χ3v) is 2.67. The lowest BCUT2D eigenvalue weighted by atomic mass is 10.2. The first-order valence-corrected chi connectivity index (χ1v) is 5.48. The second kappa shape index (κ2) is 5.48. The summed E-state index contributed by atoms with van der Waals surface area (Å²) in [7, 11) is 3.26. The number of carboxylic acid groups (broad SMARTS) is 1. The molecular formula is C12H16N2O4. The Morgan fingerprint density at radius 1 is 1.33 bits per heavy atom. The lowest BCUT2D eigenvalue weighted by Gasteiger charge is -2.13. The molecule has 0 saturated carbocycles. The summed E-state index contributed by atoms with van der Waals surface area (Å²) >= 11 is 0. The Balaban J connectivity index is 3.02. The minimum atomic E-state index is -1.26. The smallest absolute Gasteiger partial charge is 0.341 e. The normalized spacial score (nSPS) is 10.2. The first-order chi connectivity index (χ1) is 8.34. The fraction of sp³-hybridized carbons (Fsp3) is 0.417. The number of hydrogen-bond acceptors (Lipinski definition) is 3. The number of pyridine rings is 1. The molecule has 18 heavy (non-hydrogen) atoms. The number of carboxylic acids is 1. The van der Waals surface area contributed by atoms with Gasteiger partial charge < -0.3 is 14.6 Å². The maximum Gasteiger partial charge on any atom is 0.341 e. The standard InChI is InChI=1S/C12H16N2O4/c1-8-4-5-9(12(17)18)11(16)14(8)7-6-10(15)13(2)3/h4-5H,6-7H2,1-3H3,(H,17,18). The van der Waals surface area contributed by atoms with Crippen LogP contribution in [-0.4, -0.2) is 40.5 Å². The summed E-state index contributed by atoms with van der Waals surface area (Å²) < 4.78 is 1.31. The molecule has 0 saturated heterocycles. The molecule has 1 N–H and O–H groups in total. The quantitative estimate of drug-likeness (QED) is 0.837. The molecule has 0 fully saturated rings. The molecule has 0 atom stereocenters. The summed E-state index contributed by atoms with van der Waals surface area (Å²) in [6.45, 7) is 1.88. The van der Waals surface area contributed by atoms with Gasteiger partial charge in [0.1, 0.15) is 5.56 Å². The Bertz CT molecular complexity index is 531. The zero-order valence-corrected chi connectivity index (χ0v) is 10.6. The van der Waals surface area contributed by atoms with Gasteiger partial charge in [0.25, 0.3) is 5.56 Å². The second-order valence-electron chi connectivity index (χ2n) is 4.19. The van der Waals surface area contributed by atoms with Crippen LogP contribution in [0.4, 0.5) is 0 Å². The van der Waals surface area contributed by atoms with E-state index in [0.29, 0.717) is 5.69 Å². The van der Waals surface area contributed by atoms with Crippen molar-refractivity contribution in [2.75, 3.05) is 14.1 Å². The molecule has 1 aromatic rings. The summed E-state index contributed by atoms with van der Waals surface area (Å²) in [5.74, 6) is -1.37. The molecule has 0 spiro atoms. The lowest BCUT2D eigenvalue weighted by molar-refractivity contribution is -0.128. The van der Waals surface area contributed by atoms with Crippen molar-refractivity contribution < 1.29 is 14.7 Å². The lowest BCUT2D eigenvalue weighted by Crippen LogP contribution is -2.30. The summed E-state index contributed by atoms with van der Waals surface area (Å²) in [5, 5.41) is 8.86. The minimum Gasteiger partial charge on any atom is -0.477 e. The molecule has 1 heterocycles. The van der Waals surface area contributed by atoms with E-state index in [0.717, 1.165) is 0 Å². The van der Waals surface area contributed by atoms with Crippen molar-refractivity contribution in [3.05, 3.63) is 33.7 Å². The maximum atomic E-state index is 11.9. The van der Waals surface area contributed by atoms with Gasteiger partial charge in [-0.15, -0.1) is 0 Å². The molecule has 98 valence electrons. The van der Waals surface area contributed by atoms with Crippen LogP contribution in [0.1, 0.15) is 22.5 Å². The Hall–Kier alpha value is -2.11. The van der Waals surface area contributed by atoms with Crippen molar-refractivity contribution in [3.8, 4) is 0 Å². The molecule has 1 rings (SSSR count). The minimum absolute atomic E-state index is 0.109. The first-order valence-electron chi connectivity index (χ1n) is 5.48. The van der Waals surface area contributed by atoms with E-state index >= 15 is 0 Å². The van der Waals surface area contributed by atoms with Gasteiger partial charge in [0.2, 0.25) is 5.91 Å². The van der Waals surface area contributed by atoms with Gasteiger partial charge >= 0.3 is 5.97 Å². The highest BCUT2D eigenvalue weighted by Gasteiger charge is 2.13. The zero-order valence-electron chi connectivity index (χ0n) is 10.6. The fourth-order valence-corrected chi connectivity index (χ4v) is 1.54. The molecule has 0 bridgehead atoms. The number of carbonyl (C=O) groups excluding carboxylic acids is 1. The Morgan fingerprint density at radius 2 is 1.94 bits per heavy atom.